The Kier molecular flexibility index (Phi) is 5.18. The molecule has 0 amide bonds. The van der Waals surface area contributed by atoms with E-state index in [4.69, 9.17) is 9.47 Å². The molecule has 7 heteroatoms. The quantitative estimate of drug-likeness (QED) is 0.755. The van der Waals surface area contributed by atoms with Crippen molar-refractivity contribution in [2.24, 2.45) is 4.99 Å². The molecule has 6 nitrogen and oxygen atoms in total. The first-order chi connectivity index (χ1) is 12.5. The minimum absolute atomic E-state index is 0.301. The molecule has 0 spiro atoms. The van der Waals surface area contributed by atoms with Crippen LogP contribution in [0.5, 0.6) is 0 Å². The van der Waals surface area contributed by atoms with Crippen molar-refractivity contribution in [3.05, 3.63) is 57.8 Å². The molecule has 2 aliphatic heterocycles. The Balaban J connectivity index is 2.14. The van der Waals surface area contributed by atoms with Gasteiger partial charge in [0.15, 0.2) is 5.17 Å². The Bertz CT molecular complexity index is 842. The van der Waals surface area contributed by atoms with Gasteiger partial charge >= 0.3 is 11.9 Å². The topological polar surface area (TPSA) is 68.2 Å². The number of hydrogen-bond acceptors (Lipinski definition) is 7. The van der Waals surface area contributed by atoms with Crippen LogP contribution in [0, 0.1) is 0 Å². The number of nitrogens with zero attached hydrogens (tertiary/aromatic N) is 2. The van der Waals surface area contributed by atoms with Gasteiger partial charge < -0.3 is 14.4 Å². The molecule has 1 atom stereocenters. The van der Waals surface area contributed by atoms with Crippen LogP contribution in [0.1, 0.15) is 32.4 Å². The van der Waals surface area contributed by atoms with Crippen LogP contribution in [0.15, 0.2) is 57.2 Å². The number of carbonyl (C=O) groups excluding carboxylic acids is 2. The lowest BCUT2D eigenvalue weighted by Crippen LogP contribution is -2.35. The van der Waals surface area contributed by atoms with Gasteiger partial charge in [-0.15, -0.1) is 0 Å². The molecule has 0 N–H and O–H groups in total. The molecule has 2 aliphatic rings. The molecular formula is C19H20N2O4S. The number of hydrogen-bond donors (Lipinski definition) is 0. The van der Waals surface area contributed by atoms with E-state index in [1.165, 1.54) is 18.9 Å². The summed E-state index contributed by atoms with van der Waals surface area (Å²) in [5.41, 5.74) is 2.69. The number of fused-ring (bicyclic) bond motifs is 1. The zero-order valence-corrected chi connectivity index (χ0v) is 15.9. The molecule has 0 bridgehead atoms. The minimum atomic E-state index is -0.429. The fourth-order valence-corrected chi connectivity index (χ4v) is 4.18. The normalized spacial score (nSPS) is 19.3. The molecule has 0 saturated carbocycles. The Morgan fingerprint density at radius 3 is 2.50 bits per heavy atom. The van der Waals surface area contributed by atoms with Gasteiger partial charge in [-0.3, -0.25) is 0 Å². The molecular weight excluding hydrogens is 352 g/mol. The van der Waals surface area contributed by atoms with Gasteiger partial charge in [-0.05, 0) is 38.1 Å². The maximum Gasteiger partial charge on any atom is 0.346 e. The van der Waals surface area contributed by atoms with Gasteiger partial charge in [0, 0.05) is 5.70 Å². The van der Waals surface area contributed by atoms with E-state index in [2.05, 4.69) is 4.99 Å². The Hall–Kier alpha value is -2.54. The van der Waals surface area contributed by atoms with Crippen LogP contribution >= 0.6 is 11.8 Å². The van der Waals surface area contributed by atoms with Crippen molar-refractivity contribution in [3.8, 4) is 0 Å². The molecule has 0 aromatic heterocycles. The van der Waals surface area contributed by atoms with E-state index in [1.54, 1.807) is 13.8 Å². The fraction of sp³-hybridized carbons (Fsp3) is 0.316. The number of amidine groups is 1. The molecule has 0 saturated heterocycles. The number of esters is 2. The highest BCUT2D eigenvalue weighted by atomic mass is 32.2. The van der Waals surface area contributed by atoms with Gasteiger partial charge in [0.1, 0.15) is 4.91 Å². The summed E-state index contributed by atoms with van der Waals surface area (Å²) in [6.45, 7) is 5.69. The first-order valence-corrected chi connectivity index (χ1v) is 9.09. The van der Waals surface area contributed by atoms with Crippen LogP contribution in [0.2, 0.25) is 0 Å². The van der Waals surface area contributed by atoms with Crippen LogP contribution < -0.4 is 0 Å². The first kappa shape index (κ1) is 18.3. The molecule has 136 valence electrons. The molecule has 3 rings (SSSR count). The number of rotatable bonds is 4. The van der Waals surface area contributed by atoms with Crippen LogP contribution in [0.3, 0.4) is 0 Å². The van der Waals surface area contributed by atoms with Crippen LogP contribution in [-0.2, 0) is 19.1 Å². The molecule has 1 aromatic rings. The average Bonchev–Trinajstić information content (AvgIpc) is 2.97. The minimum Gasteiger partial charge on any atom is -0.466 e. The van der Waals surface area contributed by atoms with Crippen LogP contribution in [0.4, 0.5) is 0 Å². The highest BCUT2D eigenvalue weighted by Gasteiger charge is 2.43. The van der Waals surface area contributed by atoms with E-state index in [1.807, 2.05) is 42.2 Å². The summed E-state index contributed by atoms with van der Waals surface area (Å²) in [6.07, 6.45) is 0. The van der Waals surface area contributed by atoms with E-state index in [-0.39, 0.29) is 5.97 Å². The fourth-order valence-electron chi connectivity index (χ4n) is 3.08. The number of carbonyl (C=O) groups is 2. The summed E-state index contributed by atoms with van der Waals surface area (Å²) in [6, 6.07) is 9.24. The molecule has 1 aromatic carbocycles. The van der Waals surface area contributed by atoms with Crippen molar-refractivity contribution in [3.63, 3.8) is 0 Å². The predicted octanol–water partition coefficient (Wildman–Crippen LogP) is 3.39. The van der Waals surface area contributed by atoms with Crippen molar-refractivity contribution >= 4 is 28.9 Å². The Labute approximate surface area is 156 Å². The van der Waals surface area contributed by atoms with E-state index in [0.29, 0.717) is 27.9 Å². The summed E-state index contributed by atoms with van der Waals surface area (Å²) in [5, 5.41) is 0.657. The Morgan fingerprint density at radius 1 is 1.19 bits per heavy atom. The summed E-state index contributed by atoms with van der Waals surface area (Å²) in [7, 11) is 1.36. The second-order valence-electron chi connectivity index (χ2n) is 5.81. The van der Waals surface area contributed by atoms with Gasteiger partial charge in [0.25, 0.3) is 0 Å². The summed E-state index contributed by atoms with van der Waals surface area (Å²) < 4.78 is 10.2. The van der Waals surface area contributed by atoms with E-state index in [9.17, 15) is 9.59 Å². The second-order valence-corrected chi connectivity index (χ2v) is 6.78. The number of allylic oxidation sites excluding steroid dienone is 2. The third kappa shape index (κ3) is 3.03. The van der Waals surface area contributed by atoms with Crippen molar-refractivity contribution < 1.29 is 19.1 Å². The van der Waals surface area contributed by atoms with Gasteiger partial charge in [0.05, 0.1) is 31.0 Å². The number of methoxy groups -OCH3 is 1. The maximum absolute atomic E-state index is 12.5. The van der Waals surface area contributed by atoms with Crippen molar-refractivity contribution in [2.75, 3.05) is 13.7 Å². The zero-order chi connectivity index (χ0) is 18.8. The largest absolute Gasteiger partial charge is 0.466 e. The number of ether oxygens (including phenoxy) is 2. The third-order valence-corrected chi connectivity index (χ3v) is 5.39. The lowest BCUT2D eigenvalue weighted by Gasteiger charge is -2.35. The molecule has 2 heterocycles. The summed E-state index contributed by atoms with van der Waals surface area (Å²) >= 11 is 1.27. The first-order valence-electron chi connectivity index (χ1n) is 8.27. The van der Waals surface area contributed by atoms with Crippen LogP contribution in [0.25, 0.3) is 0 Å². The van der Waals surface area contributed by atoms with Crippen molar-refractivity contribution in [1.82, 2.24) is 4.90 Å². The number of aliphatic imine (C=N–C) groups is 1. The highest BCUT2D eigenvalue weighted by Crippen LogP contribution is 2.47. The zero-order valence-electron chi connectivity index (χ0n) is 15.1. The summed E-state index contributed by atoms with van der Waals surface area (Å²) in [5.74, 6) is -0.808. The van der Waals surface area contributed by atoms with E-state index in [0.717, 1.165) is 11.3 Å². The lowest BCUT2D eigenvalue weighted by molar-refractivity contribution is -0.138. The Morgan fingerprint density at radius 2 is 1.88 bits per heavy atom. The number of thioether (sulfide) groups is 1. The predicted molar refractivity (Wildman–Crippen MR) is 100 cm³/mol. The second kappa shape index (κ2) is 7.37. The highest BCUT2D eigenvalue weighted by molar-refractivity contribution is 8.18. The number of benzene rings is 1. The average molecular weight is 372 g/mol. The standard InChI is InChI=1S/C19H20N2O4S/c1-5-25-18(23)16-12(3)21-15(13-9-7-6-8-10-13)14(17(22)24-4)11(2)20-19(21)26-16/h6-10,15H,5H2,1-4H3. The van der Waals surface area contributed by atoms with E-state index < -0.39 is 12.0 Å². The molecule has 0 radical (unpaired) electrons. The summed E-state index contributed by atoms with van der Waals surface area (Å²) in [4.78, 5) is 31.7. The lowest BCUT2D eigenvalue weighted by atomic mass is 9.94. The van der Waals surface area contributed by atoms with E-state index >= 15 is 0 Å². The van der Waals surface area contributed by atoms with Gasteiger partial charge in [0.2, 0.25) is 0 Å². The monoisotopic (exact) mass is 372 g/mol. The van der Waals surface area contributed by atoms with Crippen LogP contribution in [-0.4, -0.2) is 35.7 Å². The maximum atomic E-state index is 12.5. The van der Waals surface area contributed by atoms with Crippen molar-refractivity contribution in [2.45, 2.75) is 26.8 Å². The molecule has 26 heavy (non-hydrogen) atoms. The SMILES string of the molecule is CCOC(=O)C1=C(C)N2C(=NC(C)=C(C(=O)OC)C2c2ccccc2)S1. The van der Waals surface area contributed by atoms with Gasteiger partial charge in [-0.2, -0.15) is 0 Å². The molecule has 0 fully saturated rings. The molecule has 0 aliphatic carbocycles. The van der Waals surface area contributed by atoms with Gasteiger partial charge in [-0.25, -0.2) is 14.6 Å². The molecule has 1 unspecified atom stereocenters. The van der Waals surface area contributed by atoms with Crippen molar-refractivity contribution in [1.29, 1.82) is 0 Å². The smallest absolute Gasteiger partial charge is 0.346 e. The van der Waals surface area contributed by atoms with Gasteiger partial charge in [-0.1, -0.05) is 30.3 Å². The third-order valence-electron chi connectivity index (χ3n) is 4.26.